The van der Waals surface area contributed by atoms with Crippen LogP contribution in [0.1, 0.15) is 0 Å². The van der Waals surface area contributed by atoms with Gasteiger partial charge < -0.3 is 24.4 Å². The van der Waals surface area contributed by atoms with E-state index in [0.717, 1.165) is 0 Å². The molecule has 0 aliphatic carbocycles. The lowest BCUT2D eigenvalue weighted by atomic mass is 10.1. The lowest BCUT2D eigenvalue weighted by Gasteiger charge is -2.12. The highest BCUT2D eigenvalue weighted by molar-refractivity contribution is 7.23. The van der Waals surface area contributed by atoms with E-state index in [2.05, 4.69) is 4.98 Å². The third-order valence-electron chi connectivity index (χ3n) is 4.21. The van der Waals surface area contributed by atoms with E-state index in [-0.39, 0.29) is 11.2 Å². The van der Waals surface area contributed by atoms with Crippen LogP contribution in [0, 0.1) is 0 Å². The molecule has 138 valence electrons. The summed E-state index contributed by atoms with van der Waals surface area (Å²) in [6, 6.07) is 8.71. The summed E-state index contributed by atoms with van der Waals surface area (Å²) in [5.74, 6) is 1.53. The number of hydrogen-bond donors (Lipinski definition) is 1. The topological polar surface area (TPSA) is 96.8 Å². The first-order valence-electron chi connectivity index (χ1n) is 7.99. The molecule has 0 fully saturated rings. The van der Waals surface area contributed by atoms with Crippen molar-refractivity contribution in [2.75, 3.05) is 27.1 Å². The number of thiazole rings is 1. The van der Waals surface area contributed by atoms with Crippen LogP contribution in [0.5, 0.6) is 17.2 Å². The molecule has 0 unspecified atom stereocenters. The van der Waals surface area contributed by atoms with Crippen LogP contribution >= 0.6 is 11.3 Å². The number of ether oxygens (including phenoxy) is 3. The molecule has 2 heterocycles. The van der Waals surface area contributed by atoms with E-state index in [1.54, 1.807) is 44.6 Å². The maximum atomic E-state index is 13.2. The van der Waals surface area contributed by atoms with E-state index in [1.165, 1.54) is 18.4 Å². The van der Waals surface area contributed by atoms with Crippen LogP contribution in [0.2, 0.25) is 0 Å². The molecule has 2 aromatic heterocycles. The molecule has 4 aromatic rings. The number of anilines is 1. The molecule has 2 N–H and O–H groups in total. The summed E-state index contributed by atoms with van der Waals surface area (Å²) in [5, 5.41) is 0.787. The van der Waals surface area contributed by atoms with Crippen LogP contribution in [0.3, 0.4) is 0 Å². The van der Waals surface area contributed by atoms with Crippen molar-refractivity contribution in [1.82, 2.24) is 4.98 Å². The van der Waals surface area contributed by atoms with Crippen molar-refractivity contribution in [3.8, 4) is 28.6 Å². The normalized spacial score (nSPS) is 11.1. The smallest absolute Gasteiger partial charge is 0.236 e. The zero-order valence-corrected chi connectivity index (χ0v) is 15.7. The average molecular weight is 384 g/mol. The van der Waals surface area contributed by atoms with E-state index in [9.17, 15) is 4.79 Å². The monoisotopic (exact) mass is 384 g/mol. The summed E-state index contributed by atoms with van der Waals surface area (Å²) in [4.78, 5) is 17.4. The number of nitrogens with two attached hydrogens (primary N) is 1. The minimum atomic E-state index is -0.287. The third-order valence-corrected chi connectivity index (χ3v) is 5.12. The van der Waals surface area contributed by atoms with E-state index in [0.29, 0.717) is 49.1 Å². The SMILES string of the molecule is COc1cc(OC)cc(-c2oc3ccc4nc(N)sc4c3c(=O)c2OC)c1. The summed E-state index contributed by atoms with van der Waals surface area (Å²) in [7, 11) is 4.54. The molecular weight excluding hydrogens is 368 g/mol. The molecule has 0 bridgehead atoms. The third kappa shape index (κ3) is 2.74. The lowest BCUT2D eigenvalue weighted by molar-refractivity contribution is 0.392. The van der Waals surface area contributed by atoms with Crippen molar-refractivity contribution in [3.05, 3.63) is 40.6 Å². The molecule has 0 amide bonds. The second kappa shape index (κ2) is 6.48. The van der Waals surface area contributed by atoms with Crippen molar-refractivity contribution in [1.29, 1.82) is 0 Å². The molecule has 4 rings (SSSR count). The zero-order valence-electron chi connectivity index (χ0n) is 14.9. The van der Waals surface area contributed by atoms with Crippen molar-refractivity contribution in [3.63, 3.8) is 0 Å². The molecule has 27 heavy (non-hydrogen) atoms. The Morgan fingerprint density at radius 2 is 1.74 bits per heavy atom. The summed E-state index contributed by atoms with van der Waals surface area (Å²) < 4.78 is 22.8. The zero-order chi connectivity index (χ0) is 19.1. The minimum Gasteiger partial charge on any atom is -0.497 e. The van der Waals surface area contributed by atoms with Gasteiger partial charge in [-0.15, -0.1) is 0 Å². The molecule has 0 saturated heterocycles. The van der Waals surface area contributed by atoms with Crippen LogP contribution in [0.25, 0.3) is 32.5 Å². The molecule has 0 aliphatic rings. The van der Waals surface area contributed by atoms with Crippen LogP contribution in [0.4, 0.5) is 5.13 Å². The summed E-state index contributed by atoms with van der Waals surface area (Å²) in [6.07, 6.45) is 0. The second-order valence-electron chi connectivity index (χ2n) is 5.73. The molecule has 2 aromatic carbocycles. The largest absolute Gasteiger partial charge is 0.497 e. The number of hydrogen-bond acceptors (Lipinski definition) is 8. The van der Waals surface area contributed by atoms with Crippen molar-refractivity contribution in [2.45, 2.75) is 0 Å². The first-order chi connectivity index (χ1) is 13.0. The fraction of sp³-hybridized carbons (Fsp3) is 0.158. The van der Waals surface area contributed by atoms with Gasteiger partial charge in [0, 0.05) is 11.6 Å². The van der Waals surface area contributed by atoms with E-state index >= 15 is 0 Å². The Labute approximate surface area is 157 Å². The Kier molecular flexibility index (Phi) is 4.12. The molecule has 8 heteroatoms. The van der Waals surface area contributed by atoms with Gasteiger partial charge in [0.1, 0.15) is 17.1 Å². The highest BCUT2D eigenvalue weighted by atomic mass is 32.1. The maximum absolute atomic E-state index is 13.2. The molecule has 0 aliphatic heterocycles. The second-order valence-corrected chi connectivity index (χ2v) is 6.76. The Bertz CT molecular complexity index is 1210. The quantitative estimate of drug-likeness (QED) is 0.573. The van der Waals surface area contributed by atoms with E-state index in [4.69, 9.17) is 24.4 Å². The average Bonchev–Trinajstić information content (AvgIpc) is 3.07. The van der Waals surface area contributed by atoms with Gasteiger partial charge in [-0.3, -0.25) is 4.79 Å². The molecule has 0 radical (unpaired) electrons. The predicted molar refractivity (Wildman–Crippen MR) is 105 cm³/mol. The van der Waals surface area contributed by atoms with E-state index in [1.807, 2.05) is 0 Å². The van der Waals surface area contributed by atoms with Crippen molar-refractivity contribution < 1.29 is 18.6 Å². The first kappa shape index (κ1) is 17.2. The van der Waals surface area contributed by atoms with Gasteiger partial charge in [0.15, 0.2) is 10.9 Å². The van der Waals surface area contributed by atoms with Gasteiger partial charge in [-0.25, -0.2) is 4.98 Å². The number of rotatable bonds is 4. The number of nitrogen functional groups attached to an aromatic ring is 1. The number of fused-ring (bicyclic) bond motifs is 3. The fourth-order valence-corrected chi connectivity index (χ4v) is 3.84. The van der Waals surface area contributed by atoms with Crippen LogP contribution in [0.15, 0.2) is 39.5 Å². The molecule has 0 saturated carbocycles. The highest BCUT2D eigenvalue weighted by Gasteiger charge is 2.21. The van der Waals surface area contributed by atoms with Gasteiger partial charge in [-0.2, -0.15) is 0 Å². The molecule has 0 spiro atoms. The maximum Gasteiger partial charge on any atom is 0.236 e. The van der Waals surface area contributed by atoms with Crippen LogP contribution < -0.4 is 25.4 Å². The van der Waals surface area contributed by atoms with Gasteiger partial charge >= 0.3 is 0 Å². The number of benzene rings is 2. The predicted octanol–water partition coefficient (Wildman–Crippen LogP) is 3.68. The number of nitrogens with zero attached hydrogens (tertiary/aromatic N) is 1. The van der Waals surface area contributed by atoms with Gasteiger partial charge in [0.05, 0.1) is 36.9 Å². The molecular formula is C19H16N2O5S. The number of methoxy groups -OCH3 is 3. The molecule has 0 atom stereocenters. The fourth-order valence-electron chi connectivity index (χ4n) is 2.98. The summed E-state index contributed by atoms with van der Waals surface area (Å²) >= 11 is 1.24. The Morgan fingerprint density at radius 3 is 2.37 bits per heavy atom. The van der Waals surface area contributed by atoms with Gasteiger partial charge in [0.2, 0.25) is 11.2 Å². The Morgan fingerprint density at radius 1 is 1.04 bits per heavy atom. The molecule has 7 nitrogen and oxygen atoms in total. The number of aromatic nitrogens is 1. The van der Waals surface area contributed by atoms with Crippen LogP contribution in [-0.4, -0.2) is 26.3 Å². The van der Waals surface area contributed by atoms with Gasteiger partial charge in [-0.1, -0.05) is 11.3 Å². The van der Waals surface area contributed by atoms with Gasteiger partial charge in [0.25, 0.3) is 0 Å². The lowest BCUT2D eigenvalue weighted by Crippen LogP contribution is -2.08. The van der Waals surface area contributed by atoms with Crippen molar-refractivity contribution in [2.24, 2.45) is 0 Å². The van der Waals surface area contributed by atoms with Gasteiger partial charge in [-0.05, 0) is 24.3 Å². The Balaban J connectivity index is 2.08. The first-order valence-corrected chi connectivity index (χ1v) is 8.80. The minimum absolute atomic E-state index is 0.0947. The van der Waals surface area contributed by atoms with Crippen molar-refractivity contribution >= 4 is 37.7 Å². The Hall–Kier alpha value is -3.26. The summed E-state index contributed by atoms with van der Waals surface area (Å²) in [6.45, 7) is 0. The van der Waals surface area contributed by atoms with E-state index < -0.39 is 0 Å². The summed E-state index contributed by atoms with van der Waals surface area (Å²) in [5.41, 5.74) is 7.19. The standard InChI is InChI=1S/C19H16N2O5S/c1-23-10-6-9(7-11(8-10)24-2)16-17(25-3)15(22)14-13(26-16)5-4-12-18(14)27-19(20)21-12/h4-8H,1-3H3,(H2,20,21). The highest BCUT2D eigenvalue weighted by Crippen LogP contribution is 2.38. The van der Waals surface area contributed by atoms with Crippen LogP contribution in [-0.2, 0) is 0 Å².